The average Bonchev–Trinajstić information content (AvgIpc) is 2.68. The van der Waals surface area contributed by atoms with Crippen molar-refractivity contribution in [1.29, 1.82) is 0 Å². The Hall–Kier alpha value is -2.53. The van der Waals surface area contributed by atoms with E-state index in [1.165, 1.54) is 6.07 Å². The molecule has 3 aromatic carbocycles. The average molecular weight is 383 g/mol. The quantitative estimate of drug-likeness (QED) is 0.568. The lowest BCUT2D eigenvalue weighted by Crippen LogP contribution is -2.37. The number of amides is 1. The van der Waals surface area contributed by atoms with Gasteiger partial charge in [-0.2, -0.15) is 11.8 Å². The molecular formula is C22H22FNO2S. The molecule has 3 aromatic rings. The van der Waals surface area contributed by atoms with Gasteiger partial charge in [-0.15, -0.1) is 0 Å². The molecular weight excluding hydrogens is 361 g/mol. The summed E-state index contributed by atoms with van der Waals surface area (Å²) in [5.74, 6) is 1.63. The first-order valence-corrected chi connectivity index (χ1v) is 10.0. The number of ether oxygens (including phenoxy) is 1. The summed E-state index contributed by atoms with van der Waals surface area (Å²) in [4.78, 5) is 12.2. The number of benzene rings is 3. The van der Waals surface area contributed by atoms with E-state index in [-0.39, 0.29) is 11.7 Å². The highest BCUT2D eigenvalue weighted by Gasteiger charge is 2.14. The van der Waals surface area contributed by atoms with Crippen molar-refractivity contribution in [2.45, 2.75) is 18.8 Å². The predicted molar refractivity (Wildman–Crippen MR) is 110 cm³/mol. The molecule has 1 amide bonds. The van der Waals surface area contributed by atoms with E-state index in [1.807, 2.05) is 48.5 Å². The minimum Gasteiger partial charge on any atom is -0.481 e. The summed E-state index contributed by atoms with van der Waals surface area (Å²) in [5, 5.41) is 5.07. The van der Waals surface area contributed by atoms with Crippen LogP contribution in [0.5, 0.6) is 5.75 Å². The first-order chi connectivity index (χ1) is 13.1. The molecule has 0 aliphatic rings. The molecule has 3 nitrogen and oxygen atoms in total. The number of hydrogen-bond donors (Lipinski definition) is 1. The van der Waals surface area contributed by atoms with Gasteiger partial charge in [-0.05, 0) is 41.5 Å². The lowest BCUT2D eigenvalue weighted by molar-refractivity contribution is -0.127. The van der Waals surface area contributed by atoms with Crippen LogP contribution in [0, 0.1) is 5.82 Å². The molecule has 5 heteroatoms. The predicted octanol–water partition coefficient (Wildman–Crippen LogP) is 4.80. The molecule has 0 heterocycles. The van der Waals surface area contributed by atoms with E-state index >= 15 is 0 Å². The van der Waals surface area contributed by atoms with Gasteiger partial charge >= 0.3 is 0 Å². The van der Waals surface area contributed by atoms with Crippen LogP contribution in [0.1, 0.15) is 12.5 Å². The van der Waals surface area contributed by atoms with Crippen molar-refractivity contribution in [3.8, 4) is 5.75 Å². The van der Waals surface area contributed by atoms with Crippen molar-refractivity contribution in [3.63, 3.8) is 0 Å². The number of carbonyl (C=O) groups excluding carboxylic acids is 1. The van der Waals surface area contributed by atoms with Gasteiger partial charge in [-0.25, -0.2) is 4.39 Å². The van der Waals surface area contributed by atoms with Crippen LogP contribution in [0.25, 0.3) is 10.8 Å². The van der Waals surface area contributed by atoms with Crippen LogP contribution in [0.4, 0.5) is 4.39 Å². The summed E-state index contributed by atoms with van der Waals surface area (Å²) in [6, 6.07) is 20.5. The molecule has 0 aromatic heterocycles. The zero-order valence-electron chi connectivity index (χ0n) is 15.2. The van der Waals surface area contributed by atoms with Gasteiger partial charge in [0.2, 0.25) is 0 Å². The Morgan fingerprint density at radius 2 is 1.81 bits per heavy atom. The standard InChI is InChI=1S/C22H22FNO2S/c1-16(26-20-11-10-17-6-2-3-7-18(17)14-20)22(25)24-12-13-27-15-19-8-4-5-9-21(19)23/h2-11,14,16H,12-13,15H2,1H3,(H,24,25)/t16-/m1/s1. The van der Waals surface area contributed by atoms with Crippen LogP contribution in [-0.2, 0) is 10.5 Å². The fourth-order valence-electron chi connectivity index (χ4n) is 2.69. The Labute approximate surface area is 162 Å². The summed E-state index contributed by atoms with van der Waals surface area (Å²) in [6.45, 7) is 2.25. The Morgan fingerprint density at radius 1 is 1.07 bits per heavy atom. The van der Waals surface area contributed by atoms with Crippen LogP contribution in [0.2, 0.25) is 0 Å². The van der Waals surface area contributed by atoms with E-state index in [0.717, 1.165) is 10.8 Å². The van der Waals surface area contributed by atoms with Crippen LogP contribution in [-0.4, -0.2) is 24.3 Å². The second-order valence-electron chi connectivity index (χ2n) is 6.20. The fourth-order valence-corrected chi connectivity index (χ4v) is 3.53. The minimum atomic E-state index is -0.581. The maximum atomic E-state index is 13.5. The van der Waals surface area contributed by atoms with E-state index in [0.29, 0.717) is 29.4 Å². The number of halogens is 1. The summed E-state index contributed by atoms with van der Waals surface area (Å²) >= 11 is 1.58. The van der Waals surface area contributed by atoms with Crippen LogP contribution in [0.15, 0.2) is 66.7 Å². The van der Waals surface area contributed by atoms with Gasteiger partial charge in [0.25, 0.3) is 5.91 Å². The molecule has 140 valence electrons. The van der Waals surface area contributed by atoms with Gasteiger partial charge in [0.15, 0.2) is 6.10 Å². The number of nitrogens with one attached hydrogen (secondary N) is 1. The fraction of sp³-hybridized carbons (Fsp3) is 0.227. The molecule has 3 rings (SSSR count). The van der Waals surface area contributed by atoms with Crippen molar-refractivity contribution in [2.75, 3.05) is 12.3 Å². The number of carbonyl (C=O) groups is 1. The van der Waals surface area contributed by atoms with Crippen LogP contribution >= 0.6 is 11.8 Å². The van der Waals surface area contributed by atoms with Crippen molar-refractivity contribution < 1.29 is 13.9 Å². The highest BCUT2D eigenvalue weighted by atomic mass is 32.2. The highest BCUT2D eigenvalue weighted by molar-refractivity contribution is 7.98. The van der Waals surface area contributed by atoms with E-state index in [4.69, 9.17) is 4.74 Å². The highest BCUT2D eigenvalue weighted by Crippen LogP contribution is 2.21. The van der Waals surface area contributed by atoms with Gasteiger partial charge in [-0.3, -0.25) is 4.79 Å². The zero-order chi connectivity index (χ0) is 19.1. The Balaban J connectivity index is 1.41. The molecule has 27 heavy (non-hydrogen) atoms. The molecule has 1 N–H and O–H groups in total. The molecule has 0 saturated carbocycles. The van der Waals surface area contributed by atoms with Gasteiger partial charge in [0.1, 0.15) is 11.6 Å². The first-order valence-electron chi connectivity index (χ1n) is 8.88. The lowest BCUT2D eigenvalue weighted by atomic mass is 10.1. The third kappa shape index (κ3) is 5.47. The zero-order valence-corrected chi connectivity index (χ0v) is 16.0. The third-order valence-electron chi connectivity index (χ3n) is 4.16. The maximum Gasteiger partial charge on any atom is 0.260 e. The monoisotopic (exact) mass is 383 g/mol. The second-order valence-corrected chi connectivity index (χ2v) is 7.31. The minimum absolute atomic E-state index is 0.158. The molecule has 0 fully saturated rings. The Bertz CT molecular complexity index is 915. The number of rotatable bonds is 8. The van der Waals surface area contributed by atoms with E-state index in [2.05, 4.69) is 5.32 Å². The smallest absolute Gasteiger partial charge is 0.260 e. The SMILES string of the molecule is C[C@@H](Oc1ccc2ccccc2c1)C(=O)NCCSCc1ccccc1F. The molecule has 0 aliphatic heterocycles. The Morgan fingerprint density at radius 3 is 2.63 bits per heavy atom. The first kappa shape index (κ1) is 19.2. The number of thioether (sulfide) groups is 1. The van der Waals surface area contributed by atoms with Crippen molar-refractivity contribution in [1.82, 2.24) is 5.32 Å². The van der Waals surface area contributed by atoms with E-state index in [9.17, 15) is 9.18 Å². The van der Waals surface area contributed by atoms with Gasteiger partial charge < -0.3 is 10.1 Å². The third-order valence-corrected chi connectivity index (χ3v) is 5.17. The van der Waals surface area contributed by atoms with Crippen LogP contribution in [0.3, 0.4) is 0 Å². The second kappa shape index (κ2) is 9.42. The number of hydrogen-bond acceptors (Lipinski definition) is 3. The summed E-state index contributed by atoms with van der Waals surface area (Å²) < 4.78 is 19.3. The molecule has 0 unspecified atom stereocenters. The molecule has 0 spiro atoms. The van der Waals surface area contributed by atoms with Gasteiger partial charge in [0, 0.05) is 18.1 Å². The van der Waals surface area contributed by atoms with Crippen molar-refractivity contribution in [3.05, 3.63) is 78.1 Å². The number of fused-ring (bicyclic) bond motifs is 1. The van der Waals surface area contributed by atoms with Crippen molar-refractivity contribution in [2.24, 2.45) is 0 Å². The van der Waals surface area contributed by atoms with Gasteiger partial charge in [-0.1, -0.05) is 48.5 Å². The molecule has 0 bridgehead atoms. The van der Waals surface area contributed by atoms with E-state index in [1.54, 1.807) is 30.8 Å². The summed E-state index contributed by atoms with van der Waals surface area (Å²) in [5.41, 5.74) is 0.682. The molecule has 0 aliphatic carbocycles. The van der Waals surface area contributed by atoms with E-state index < -0.39 is 6.10 Å². The lowest BCUT2D eigenvalue weighted by Gasteiger charge is -2.15. The Kier molecular flexibility index (Phi) is 6.71. The molecule has 0 saturated heterocycles. The maximum absolute atomic E-state index is 13.5. The molecule has 1 atom stereocenters. The summed E-state index contributed by atoms with van der Waals surface area (Å²) in [7, 11) is 0. The van der Waals surface area contributed by atoms with Crippen molar-refractivity contribution >= 4 is 28.4 Å². The summed E-state index contributed by atoms with van der Waals surface area (Å²) in [6.07, 6.45) is -0.581. The van der Waals surface area contributed by atoms with Gasteiger partial charge in [0.05, 0.1) is 0 Å². The topological polar surface area (TPSA) is 38.3 Å². The normalized spacial score (nSPS) is 11.9. The molecule has 0 radical (unpaired) electrons. The largest absolute Gasteiger partial charge is 0.481 e. The van der Waals surface area contributed by atoms with Crippen LogP contribution < -0.4 is 10.1 Å².